The molecule has 0 saturated carbocycles. The van der Waals surface area contributed by atoms with Gasteiger partial charge in [0, 0.05) is 17.6 Å². The zero-order chi connectivity index (χ0) is 16.9. The summed E-state index contributed by atoms with van der Waals surface area (Å²) >= 11 is 0. The Morgan fingerprint density at radius 1 is 1.21 bits per heavy atom. The summed E-state index contributed by atoms with van der Waals surface area (Å²) in [5, 5.41) is 4.02. The molecule has 0 radical (unpaired) electrons. The molecule has 1 saturated heterocycles. The lowest BCUT2D eigenvalue weighted by molar-refractivity contribution is 0.0952. The number of rotatable bonds is 5. The average Bonchev–Trinajstić information content (AvgIpc) is 2.59. The van der Waals surface area contributed by atoms with Gasteiger partial charge in [-0.3, -0.25) is 9.78 Å². The molecule has 3 rings (SSSR count). The number of amides is 1. The van der Waals surface area contributed by atoms with E-state index in [1.807, 2.05) is 38.1 Å². The molecule has 0 atom stereocenters. The molecule has 1 aliphatic rings. The number of piperidine rings is 1. The molecule has 0 unspecified atom stereocenters. The summed E-state index contributed by atoms with van der Waals surface area (Å²) in [6.07, 6.45) is 5.00. The standard InChI is InChI=1S/C20H27N3O/c1-15-8-6-9-17-18(14-16(2)22-19(15)17)20(24)21-10-7-13-23-11-4-3-5-12-23/h6,8-9,14H,3-5,7,10-13H2,1-2H3,(H,21,24). The fraction of sp³-hybridized carbons (Fsp3) is 0.500. The van der Waals surface area contributed by atoms with E-state index in [0.717, 1.165) is 47.2 Å². The fourth-order valence-electron chi connectivity index (χ4n) is 3.49. The van der Waals surface area contributed by atoms with Crippen LogP contribution in [0.1, 0.15) is 47.3 Å². The molecule has 128 valence electrons. The van der Waals surface area contributed by atoms with Crippen molar-refractivity contribution in [1.29, 1.82) is 0 Å². The molecule has 1 N–H and O–H groups in total. The van der Waals surface area contributed by atoms with Gasteiger partial charge in [-0.1, -0.05) is 24.6 Å². The Morgan fingerprint density at radius 2 is 2.00 bits per heavy atom. The SMILES string of the molecule is Cc1cc(C(=O)NCCCN2CCCCC2)c2cccc(C)c2n1. The Morgan fingerprint density at radius 3 is 2.79 bits per heavy atom. The summed E-state index contributed by atoms with van der Waals surface area (Å²) in [4.78, 5) is 19.7. The van der Waals surface area contributed by atoms with Crippen molar-refractivity contribution < 1.29 is 4.79 Å². The summed E-state index contributed by atoms with van der Waals surface area (Å²) in [6, 6.07) is 7.90. The fourth-order valence-corrected chi connectivity index (χ4v) is 3.49. The third-order valence-corrected chi connectivity index (χ3v) is 4.80. The van der Waals surface area contributed by atoms with Gasteiger partial charge >= 0.3 is 0 Å². The molecular formula is C20H27N3O. The highest BCUT2D eigenvalue weighted by Gasteiger charge is 2.13. The smallest absolute Gasteiger partial charge is 0.252 e. The number of aryl methyl sites for hydroxylation is 2. The zero-order valence-electron chi connectivity index (χ0n) is 14.8. The number of nitrogens with zero attached hydrogens (tertiary/aromatic N) is 2. The van der Waals surface area contributed by atoms with Gasteiger partial charge in [0.15, 0.2) is 0 Å². The van der Waals surface area contributed by atoms with Crippen LogP contribution in [0.15, 0.2) is 24.3 Å². The minimum Gasteiger partial charge on any atom is -0.352 e. The second kappa shape index (κ2) is 7.75. The first-order valence-corrected chi connectivity index (χ1v) is 9.02. The summed E-state index contributed by atoms with van der Waals surface area (Å²) in [5.41, 5.74) is 3.65. The molecule has 0 bridgehead atoms. The molecule has 24 heavy (non-hydrogen) atoms. The van der Waals surface area contributed by atoms with Crippen molar-refractivity contribution in [2.24, 2.45) is 0 Å². The number of pyridine rings is 1. The van der Waals surface area contributed by atoms with E-state index in [1.165, 1.54) is 32.4 Å². The van der Waals surface area contributed by atoms with Gasteiger partial charge in [0.25, 0.3) is 5.91 Å². The Kier molecular flexibility index (Phi) is 5.46. The van der Waals surface area contributed by atoms with Crippen LogP contribution in [-0.2, 0) is 0 Å². The molecular weight excluding hydrogens is 298 g/mol. The third kappa shape index (κ3) is 3.93. The predicted molar refractivity (Wildman–Crippen MR) is 98.5 cm³/mol. The number of hydrogen-bond acceptors (Lipinski definition) is 3. The van der Waals surface area contributed by atoms with E-state index >= 15 is 0 Å². The van der Waals surface area contributed by atoms with Gasteiger partial charge in [-0.25, -0.2) is 0 Å². The Hall–Kier alpha value is -1.94. The Balaban J connectivity index is 1.62. The largest absolute Gasteiger partial charge is 0.352 e. The van der Waals surface area contributed by atoms with Crippen molar-refractivity contribution in [3.8, 4) is 0 Å². The summed E-state index contributed by atoms with van der Waals surface area (Å²) in [5.74, 6) is 0.00902. The van der Waals surface area contributed by atoms with Crippen molar-refractivity contribution in [3.63, 3.8) is 0 Å². The maximum absolute atomic E-state index is 12.6. The monoisotopic (exact) mass is 325 g/mol. The van der Waals surface area contributed by atoms with Crippen molar-refractivity contribution >= 4 is 16.8 Å². The molecule has 1 aromatic heterocycles. The second-order valence-corrected chi connectivity index (χ2v) is 6.79. The van der Waals surface area contributed by atoms with Gasteiger partial charge in [-0.15, -0.1) is 0 Å². The van der Waals surface area contributed by atoms with Crippen molar-refractivity contribution in [1.82, 2.24) is 15.2 Å². The van der Waals surface area contributed by atoms with Crippen LogP contribution < -0.4 is 5.32 Å². The first-order chi connectivity index (χ1) is 11.6. The van der Waals surface area contributed by atoms with Crippen molar-refractivity contribution in [2.45, 2.75) is 39.5 Å². The lowest BCUT2D eigenvalue weighted by Gasteiger charge is -2.26. The number of likely N-dealkylation sites (tertiary alicyclic amines) is 1. The number of nitrogens with one attached hydrogen (secondary N) is 1. The van der Waals surface area contributed by atoms with Crippen molar-refractivity contribution in [2.75, 3.05) is 26.2 Å². The quantitative estimate of drug-likeness (QED) is 0.856. The maximum Gasteiger partial charge on any atom is 0.252 e. The number of para-hydroxylation sites is 1. The van der Waals surface area contributed by atoms with Crippen molar-refractivity contribution in [3.05, 3.63) is 41.1 Å². The van der Waals surface area contributed by atoms with E-state index in [0.29, 0.717) is 0 Å². The highest BCUT2D eigenvalue weighted by Crippen LogP contribution is 2.21. The first-order valence-electron chi connectivity index (χ1n) is 9.02. The van der Waals surface area contributed by atoms with Crippen LogP contribution >= 0.6 is 0 Å². The molecule has 2 aromatic rings. The predicted octanol–water partition coefficient (Wildman–Crippen LogP) is 3.46. The van der Waals surface area contributed by atoms with Crippen LogP contribution in [0.5, 0.6) is 0 Å². The molecule has 4 nitrogen and oxygen atoms in total. The number of benzene rings is 1. The molecule has 0 aliphatic carbocycles. The van der Waals surface area contributed by atoms with Gasteiger partial charge in [0.1, 0.15) is 0 Å². The number of fused-ring (bicyclic) bond motifs is 1. The molecule has 1 aromatic carbocycles. The van der Waals surface area contributed by atoms with E-state index in [-0.39, 0.29) is 5.91 Å². The van der Waals surface area contributed by atoms with Gasteiger partial charge in [-0.2, -0.15) is 0 Å². The summed E-state index contributed by atoms with van der Waals surface area (Å²) < 4.78 is 0. The molecule has 1 aliphatic heterocycles. The zero-order valence-corrected chi connectivity index (χ0v) is 14.8. The molecule has 1 fully saturated rings. The van der Waals surface area contributed by atoms with Crippen LogP contribution in [-0.4, -0.2) is 42.0 Å². The van der Waals surface area contributed by atoms with E-state index in [9.17, 15) is 4.79 Å². The van der Waals surface area contributed by atoms with E-state index in [1.54, 1.807) is 0 Å². The topological polar surface area (TPSA) is 45.2 Å². The average molecular weight is 325 g/mol. The highest BCUT2D eigenvalue weighted by atomic mass is 16.1. The summed E-state index contributed by atoms with van der Waals surface area (Å²) in [6.45, 7) is 8.20. The highest BCUT2D eigenvalue weighted by molar-refractivity contribution is 6.06. The minimum absolute atomic E-state index is 0.00902. The van der Waals surface area contributed by atoms with Crippen LogP contribution in [0, 0.1) is 13.8 Å². The molecule has 2 heterocycles. The van der Waals surface area contributed by atoms with Crippen LogP contribution in [0.3, 0.4) is 0 Å². The molecule has 0 spiro atoms. The van der Waals surface area contributed by atoms with E-state index in [2.05, 4.69) is 15.2 Å². The normalized spacial score (nSPS) is 15.6. The maximum atomic E-state index is 12.6. The third-order valence-electron chi connectivity index (χ3n) is 4.80. The van der Waals surface area contributed by atoms with Gasteiger partial charge in [-0.05, 0) is 64.4 Å². The Labute approximate surface area is 144 Å². The van der Waals surface area contributed by atoms with Gasteiger partial charge in [0.2, 0.25) is 0 Å². The van der Waals surface area contributed by atoms with Crippen LogP contribution in [0.25, 0.3) is 10.9 Å². The first kappa shape index (κ1) is 16.9. The lowest BCUT2D eigenvalue weighted by atomic mass is 10.0. The summed E-state index contributed by atoms with van der Waals surface area (Å²) in [7, 11) is 0. The number of hydrogen-bond donors (Lipinski definition) is 1. The number of carbonyl (C=O) groups excluding carboxylic acids is 1. The number of carbonyl (C=O) groups is 1. The second-order valence-electron chi connectivity index (χ2n) is 6.79. The number of aromatic nitrogens is 1. The lowest BCUT2D eigenvalue weighted by Crippen LogP contribution is -2.33. The minimum atomic E-state index is 0.00902. The van der Waals surface area contributed by atoms with Gasteiger partial charge < -0.3 is 10.2 Å². The van der Waals surface area contributed by atoms with Crippen LogP contribution in [0.2, 0.25) is 0 Å². The molecule has 1 amide bonds. The van der Waals surface area contributed by atoms with E-state index < -0.39 is 0 Å². The van der Waals surface area contributed by atoms with Crippen LogP contribution in [0.4, 0.5) is 0 Å². The Bertz CT molecular complexity index is 720. The van der Waals surface area contributed by atoms with Gasteiger partial charge in [0.05, 0.1) is 11.1 Å². The molecule has 4 heteroatoms. The van der Waals surface area contributed by atoms with E-state index in [4.69, 9.17) is 0 Å².